The van der Waals surface area contributed by atoms with Crippen LogP contribution in [-0.2, 0) is 9.53 Å². The average molecular weight is 206 g/mol. The van der Waals surface area contributed by atoms with E-state index in [4.69, 9.17) is 5.73 Å². The molecule has 0 saturated heterocycles. The van der Waals surface area contributed by atoms with Gasteiger partial charge >= 0.3 is 12.0 Å². The van der Waals surface area contributed by atoms with E-state index in [9.17, 15) is 9.59 Å². The molecular formula is C10H10N2O3. The largest absolute Gasteiger partial charge is 0.464 e. The van der Waals surface area contributed by atoms with Crippen molar-refractivity contribution in [2.75, 3.05) is 7.11 Å². The zero-order valence-electron chi connectivity index (χ0n) is 8.14. The molecule has 15 heavy (non-hydrogen) atoms. The van der Waals surface area contributed by atoms with Crippen LogP contribution < -0.4 is 5.73 Å². The summed E-state index contributed by atoms with van der Waals surface area (Å²) in [5, 5.41) is 0. The van der Waals surface area contributed by atoms with E-state index in [2.05, 4.69) is 9.73 Å². The number of methoxy groups -OCH3 is 1. The fourth-order valence-electron chi connectivity index (χ4n) is 1.03. The van der Waals surface area contributed by atoms with Gasteiger partial charge in [0.2, 0.25) is 0 Å². The molecule has 0 saturated carbocycles. The lowest BCUT2D eigenvalue weighted by Crippen LogP contribution is -2.20. The maximum atomic E-state index is 11.3. The molecule has 0 spiro atoms. The molecule has 2 N–H and O–H groups in total. The van der Waals surface area contributed by atoms with Gasteiger partial charge in [0.25, 0.3) is 0 Å². The molecule has 1 aromatic rings. The number of amides is 2. The number of hydrogen-bond donors (Lipinski definition) is 1. The van der Waals surface area contributed by atoms with Crippen molar-refractivity contribution < 1.29 is 14.3 Å². The molecule has 5 heteroatoms. The number of nitrogens with zero attached hydrogens (tertiary/aromatic N) is 1. The molecule has 0 radical (unpaired) electrons. The number of nitrogens with two attached hydrogens (primary N) is 1. The minimum absolute atomic E-state index is 0.0920. The van der Waals surface area contributed by atoms with Crippen molar-refractivity contribution in [1.29, 1.82) is 0 Å². The number of hydrogen-bond acceptors (Lipinski definition) is 3. The molecule has 0 unspecified atom stereocenters. The maximum Gasteiger partial charge on any atom is 0.357 e. The maximum absolute atomic E-state index is 11.3. The molecule has 0 aliphatic heterocycles. The molecule has 0 heterocycles. The quantitative estimate of drug-likeness (QED) is 0.572. The van der Waals surface area contributed by atoms with Gasteiger partial charge in [0.1, 0.15) is 0 Å². The smallest absolute Gasteiger partial charge is 0.357 e. The number of carbonyl (C=O) groups excluding carboxylic acids is 2. The highest BCUT2D eigenvalue weighted by atomic mass is 16.5. The van der Waals surface area contributed by atoms with Crippen LogP contribution in [0.25, 0.3) is 0 Å². The van der Waals surface area contributed by atoms with Crippen molar-refractivity contribution >= 4 is 17.7 Å². The standard InChI is InChI=1S/C10H10N2O3/c1-15-9(13)8(12-10(11)14)7-5-3-2-4-6-7/h2-6H,1H3,(H2,11,14). The normalized spacial score (nSPS) is 10.9. The molecular weight excluding hydrogens is 196 g/mol. The van der Waals surface area contributed by atoms with E-state index in [1.54, 1.807) is 30.3 Å². The fraction of sp³-hybridized carbons (Fsp3) is 0.100. The number of aliphatic imine (C=N–C) groups is 1. The van der Waals surface area contributed by atoms with Gasteiger partial charge in [0.05, 0.1) is 7.11 Å². The number of ether oxygens (including phenoxy) is 1. The van der Waals surface area contributed by atoms with Gasteiger partial charge in [-0.25, -0.2) is 9.59 Å². The van der Waals surface area contributed by atoms with Crippen molar-refractivity contribution in [3.63, 3.8) is 0 Å². The van der Waals surface area contributed by atoms with Crippen molar-refractivity contribution in [3.05, 3.63) is 35.9 Å². The van der Waals surface area contributed by atoms with Crippen molar-refractivity contribution in [1.82, 2.24) is 0 Å². The van der Waals surface area contributed by atoms with Crippen molar-refractivity contribution in [2.45, 2.75) is 0 Å². The highest BCUT2D eigenvalue weighted by Gasteiger charge is 2.14. The molecule has 2 amide bonds. The van der Waals surface area contributed by atoms with Crippen molar-refractivity contribution in [2.24, 2.45) is 10.7 Å². The van der Waals surface area contributed by atoms with E-state index in [1.165, 1.54) is 7.11 Å². The van der Waals surface area contributed by atoms with Crippen LogP contribution >= 0.6 is 0 Å². The molecule has 1 rings (SSSR count). The van der Waals surface area contributed by atoms with E-state index in [1.807, 2.05) is 0 Å². The molecule has 1 aromatic carbocycles. The van der Waals surface area contributed by atoms with Crippen LogP contribution in [0.4, 0.5) is 4.79 Å². The number of rotatable bonds is 2. The summed E-state index contributed by atoms with van der Waals surface area (Å²) in [5.41, 5.74) is 5.29. The summed E-state index contributed by atoms with van der Waals surface area (Å²) in [5.74, 6) is -0.694. The first-order valence-electron chi connectivity index (χ1n) is 4.17. The van der Waals surface area contributed by atoms with Gasteiger partial charge < -0.3 is 10.5 Å². The van der Waals surface area contributed by atoms with Crippen LogP contribution in [0.5, 0.6) is 0 Å². The number of urea groups is 1. The Morgan fingerprint density at radius 3 is 2.33 bits per heavy atom. The Bertz CT molecular complexity index is 398. The summed E-state index contributed by atoms with van der Waals surface area (Å²) >= 11 is 0. The molecule has 0 aliphatic rings. The molecule has 0 bridgehead atoms. The Hall–Kier alpha value is -2.17. The summed E-state index contributed by atoms with van der Waals surface area (Å²) in [6, 6.07) is 7.56. The minimum Gasteiger partial charge on any atom is -0.464 e. The predicted molar refractivity (Wildman–Crippen MR) is 54.6 cm³/mol. The van der Waals surface area contributed by atoms with Crippen LogP contribution in [-0.4, -0.2) is 24.8 Å². The van der Waals surface area contributed by atoms with Gasteiger partial charge in [-0.2, -0.15) is 4.99 Å². The lowest BCUT2D eigenvalue weighted by molar-refractivity contribution is -0.132. The van der Waals surface area contributed by atoms with Crippen LogP contribution in [0.1, 0.15) is 5.56 Å². The first-order chi connectivity index (χ1) is 7.15. The molecule has 5 nitrogen and oxygen atoms in total. The van der Waals surface area contributed by atoms with Gasteiger partial charge in [-0.05, 0) is 0 Å². The Kier molecular flexibility index (Phi) is 3.56. The summed E-state index contributed by atoms with van der Waals surface area (Å²) in [6.45, 7) is 0. The van der Waals surface area contributed by atoms with Gasteiger partial charge in [-0.15, -0.1) is 0 Å². The second-order valence-corrected chi connectivity index (χ2v) is 2.66. The lowest BCUT2D eigenvalue weighted by Gasteiger charge is -2.02. The highest BCUT2D eigenvalue weighted by molar-refractivity contribution is 6.44. The van der Waals surface area contributed by atoms with Crippen LogP contribution in [0.3, 0.4) is 0 Å². The van der Waals surface area contributed by atoms with E-state index in [0.29, 0.717) is 5.56 Å². The SMILES string of the molecule is COC(=O)C(=NC(N)=O)c1ccccc1. The summed E-state index contributed by atoms with van der Waals surface area (Å²) in [7, 11) is 1.21. The topological polar surface area (TPSA) is 81.8 Å². The van der Waals surface area contributed by atoms with Crippen LogP contribution in [0, 0.1) is 0 Å². The Morgan fingerprint density at radius 2 is 1.87 bits per heavy atom. The van der Waals surface area contributed by atoms with Crippen LogP contribution in [0.2, 0.25) is 0 Å². The monoisotopic (exact) mass is 206 g/mol. The molecule has 78 valence electrons. The first kappa shape index (κ1) is 10.9. The number of benzene rings is 1. The summed E-state index contributed by atoms with van der Waals surface area (Å²) in [4.78, 5) is 25.3. The molecule has 0 fully saturated rings. The van der Waals surface area contributed by atoms with Crippen LogP contribution in [0.15, 0.2) is 35.3 Å². The lowest BCUT2D eigenvalue weighted by atomic mass is 10.1. The molecule has 0 aromatic heterocycles. The first-order valence-corrected chi connectivity index (χ1v) is 4.17. The van der Waals surface area contributed by atoms with Gasteiger partial charge in [-0.1, -0.05) is 30.3 Å². The fourth-order valence-corrected chi connectivity index (χ4v) is 1.03. The number of carbonyl (C=O) groups is 2. The third-order valence-electron chi connectivity index (χ3n) is 1.65. The van der Waals surface area contributed by atoms with Gasteiger partial charge in [0.15, 0.2) is 5.71 Å². The van der Waals surface area contributed by atoms with Crippen molar-refractivity contribution in [3.8, 4) is 0 Å². The zero-order chi connectivity index (χ0) is 11.3. The predicted octanol–water partition coefficient (Wildman–Crippen LogP) is 0.727. The van der Waals surface area contributed by atoms with E-state index in [0.717, 1.165) is 0 Å². The highest BCUT2D eigenvalue weighted by Crippen LogP contribution is 2.02. The second-order valence-electron chi connectivity index (χ2n) is 2.66. The molecule has 0 aliphatic carbocycles. The zero-order valence-corrected chi connectivity index (χ0v) is 8.14. The Morgan fingerprint density at radius 1 is 1.27 bits per heavy atom. The third-order valence-corrected chi connectivity index (χ3v) is 1.65. The van der Waals surface area contributed by atoms with E-state index >= 15 is 0 Å². The summed E-state index contributed by atoms with van der Waals surface area (Å²) < 4.78 is 4.49. The number of esters is 1. The van der Waals surface area contributed by atoms with E-state index in [-0.39, 0.29) is 5.71 Å². The number of primary amides is 1. The van der Waals surface area contributed by atoms with E-state index < -0.39 is 12.0 Å². The third kappa shape index (κ3) is 2.91. The average Bonchev–Trinajstić information content (AvgIpc) is 2.26. The Labute approximate surface area is 86.6 Å². The summed E-state index contributed by atoms with van der Waals surface area (Å²) in [6.07, 6.45) is 0. The minimum atomic E-state index is -0.931. The Balaban J connectivity index is 3.13. The van der Waals surface area contributed by atoms with Gasteiger partial charge in [-0.3, -0.25) is 0 Å². The second kappa shape index (κ2) is 4.90. The van der Waals surface area contributed by atoms with Gasteiger partial charge in [0, 0.05) is 5.56 Å². The molecule has 0 atom stereocenters.